The van der Waals surface area contributed by atoms with Crippen LogP contribution in [-0.4, -0.2) is 40.3 Å². The number of halogens is 1. The lowest BCUT2D eigenvalue weighted by atomic mass is 10.0. The molecule has 30 heavy (non-hydrogen) atoms. The minimum absolute atomic E-state index is 0.0468. The molecule has 9 heteroatoms. The number of ether oxygens (including phenoxy) is 2. The van der Waals surface area contributed by atoms with Gasteiger partial charge in [-0.05, 0) is 36.2 Å². The van der Waals surface area contributed by atoms with Gasteiger partial charge in [-0.15, -0.1) is 0 Å². The molecule has 0 saturated carbocycles. The summed E-state index contributed by atoms with van der Waals surface area (Å²) in [4.78, 5) is 12.1. The second-order valence-corrected chi connectivity index (χ2v) is 7.70. The molecule has 0 saturated heterocycles. The third kappa shape index (κ3) is 5.09. The van der Waals surface area contributed by atoms with Crippen molar-refractivity contribution >= 4 is 21.7 Å². The van der Waals surface area contributed by atoms with Gasteiger partial charge < -0.3 is 14.6 Å². The monoisotopic (exact) mass is 435 g/mol. The van der Waals surface area contributed by atoms with E-state index in [1.54, 1.807) is 6.07 Å². The van der Waals surface area contributed by atoms with Gasteiger partial charge in [0, 0.05) is 12.0 Å². The van der Waals surface area contributed by atoms with Gasteiger partial charge in [0.2, 0.25) is 0 Å². The lowest BCUT2D eigenvalue weighted by Gasteiger charge is -2.17. The molecule has 0 aliphatic carbocycles. The van der Waals surface area contributed by atoms with Gasteiger partial charge in [-0.2, -0.15) is 0 Å². The molecule has 0 radical (unpaired) electrons. The summed E-state index contributed by atoms with van der Waals surface area (Å²) in [5, 5.41) is 8.86. The molecule has 0 bridgehead atoms. The lowest BCUT2D eigenvalue weighted by Crippen LogP contribution is -2.18. The number of aliphatic hydroxyl groups excluding tert-OH is 1. The number of nitrogens with one attached hydrogen (secondary N) is 1. The largest absolute Gasteiger partial charge is 0.495 e. The van der Waals surface area contributed by atoms with Crippen molar-refractivity contribution in [1.82, 2.24) is 0 Å². The molecule has 0 spiro atoms. The first kappa shape index (κ1) is 23.2. The molecule has 2 aromatic rings. The molecule has 7 nitrogen and oxygen atoms in total. The Kier molecular flexibility index (Phi) is 7.80. The predicted octanol–water partition coefficient (Wildman–Crippen LogP) is 2.72. The van der Waals surface area contributed by atoms with Crippen molar-refractivity contribution in [2.45, 2.75) is 24.7 Å². The zero-order valence-corrected chi connectivity index (χ0v) is 17.6. The van der Waals surface area contributed by atoms with Crippen LogP contribution in [0.3, 0.4) is 0 Å². The molecule has 0 fully saturated rings. The van der Waals surface area contributed by atoms with Crippen LogP contribution in [0, 0.1) is 17.7 Å². The highest BCUT2D eigenvalue weighted by atomic mass is 32.2. The van der Waals surface area contributed by atoms with Gasteiger partial charge in [0.1, 0.15) is 22.0 Å². The zero-order chi connectivity index (χ0) is 22.3. The summed E-state index contributed by atoms with van der Waals surface area (Å²) in [6, 6.07) is 6.13. The van der Waals surface area contributed by atoms with Gasteiger partial charge >= 0.3 is 5.97 Å². The first-order valence-corrected chi connectivity index (χ1v) is 10.5. The van der Waals surface area contributed by atoms with Crippen LogP contribution in [0.5, 0.6) is 5.75 Å². The predicted molar refractivity (Wildman–Crippen MR) is 110 cm³/mol. The van der Waals surface area contributed by atoms with Crippen molar-refractivity contribution < 1.29 is 32.2 Å². The summed E-state index contributed by atoms with van der Waals surface area (Å²) in [5.41, 5.74) is 0.498. The van der Waals surface area contributed by atoms with Crippen molar-refractivity contribution in [1.29, 1.82) is 0 Å². The number of carbonyl (C=O) groups excluding carboxylic acids is 1. The minimum atomic E-state index is -4.25. The quantitative estimate of drug-likeness (QED) is 0.512. The van der Waals surface area contributed by atoms with E-state index in [0.29, 0.717) is 12.0 Å². The van der Waals surface area contributed by atoms with Crippen molar-refractivity contribution in [3.63, 3.8) is 0 Å². The molecular formula is C21H22FNO6S. The normalized spacial score (nSPS) is 10.7. The van der Waals surface area contributed by atoms with Gasteiger partial charge in [-0.3, -0.25) is 4.72 Å². The fourth-order valence-corrected chi connectivity index (χ4v) is 3.99. The molecule has 0 aliphatic rings. The Balaban J connectivity index is 2.61. The second-order valence-electron chi connectivity index (χ2n) is 6.05. The van der Waals surface area contributed by atoms with Gasteiger partial charge in [0.15, 0.2) is 0 Å². The number of sulfonamides is 1. The Morgan fingerprint density at radius 2 is 1.97 bits per heavy atom. The second kappa shape index (κ2) is 10.1. The molecule has 0 aromatic heterocycles. The summed E-state index contributed by atoms with van der Waals surface area (Å²) in [6.45, 7) is 1.65. The van der Waals surface area contributed by atoms with E-state index < -0.39 is 21.8 Å². The molecule has 0 atom stereocenters. The maximum atomic E-state index is 13.7. The number of rotatable bonds is 7. The van der Waals surface area contributed by atoms with Gasteiger partial charge in [0.25, 0.3) is 10.0 Å². The Labute approximate surface area is 174 Å². The number of hydrogen-bond donors (Lipinski definition) is 2. The summed E-state index contributed by atoms with van der Waals surface area (Å²) in [7, 11) is -1.71. The average Bonchev–Trinajstić information content (AvgIpc) is 2.72. The number of esters is 1. The summed E-state index contributed by atoms with van der Waals surface area (Å²) in [6.07, 6.45) is 0.647. The molecule has 0 amide bonds. The van der Waals surface area contributed by atoms with E-state index in [2.05, 4.69) is 16.6 Å². The third-order valence-electron chi connectivity index (χ3n) is 4.15. The molecule has 2 aromatic carbocycles. The SMILES string of the molecule is CCc1ccc(NS(=O)(=O)c2ccc(F)cc2C#CCCO)c(C(=O)OC)c1OC. The fraction of sp³-hybridized carbons (Fsp3) is 0.286. The lowest BCUT2D eigenvalue weighted by molar-refractivity contribution is 0.0598. The number of anilines is 1. The number of methoxy groups -OCH3 is 2. The minimum Gasteiger partial charge on any atom is -0.495 e. The van der Waals surface area contributed by atoms with Crippen LogP contribution < -0.4 is 9.46 Å². The van der Waals surface area contributed by atoms with E-state index in [1.165, 1.54) is 20.3 Å². The Morgan fingerprint density at radius 3 is 2.57 bits per heavy atom. The maximum absolute atomic E-state index is 13.7. The highest BCUT2D eigenvalue weighted by molar-refractivity contribution is 7.92. The molecule has 2 N–H and O–H groups in total. The van der Waals surface area contributed by atoms with Crippen molar-refractivity contribution in [3.05, 3.63) is 52.8 Å². The first-order valence-electron chi connectivity index (χ1n) is 8.99. The van der Waals surface area contributed by atoms with Crippen LogP contribution in [0.2, 0.25) is 0 Å². The smallest absolute Gasteiger partial charge is 0.343 e. The Hall–Kier alpha value is -3.09. The van der Waals surface area contributed by atoms with Crippen molar-refractivity contribution in [2.24, 2.45) is 0 Å². The van der Waals surface area contributed by atoms with Crippen LogP contribution in [0.15, 0.2) is 35.2 Å². The molecule has 2 rings (SSSR count). The highest BCUT2D eigenvalue weighted by Crippen LogP contribution is 2.33. The van der Waals surface area contributed by atoms with Gasteiger partial charge in [-0.1, -0.05) is 24.8 Å². The number of aryl methyl sites for hydroxylation is 1. The van der Waals surface area contributed by atoms with Gasteiger partial charge in [-0.25, -0.2) is 17.6 Å². The van der Waals surface area contributed by atoms with Crippen LogP contribution >= 0.6 is 0 Å². The summed E-state index contributed by atoms with van der Waals surface area (Å²) >= 11 is 0. The maximum Gasteiger partial charge on any atom is 0.343 e. The van der Waals surface area contributed by atoms with Gasteiger partial charge in [0.05, 0.1) is 26.5 Å². The van der Waals surface area contributed by atoms with E-state index >= 15 is 0 Å². The van der Waals surface area contributed by atoms with E-state index in [4.69, 9.17) is 14.6 Å². The zero-order valence-electron chi connectivity index (χ0n) is 16.8. The van der Waals surface area contributed by atoms with E-state index in [1.807, 2.05) is 6.92 Å². The topological polar surface area (TPSA) is 102 Å². The van der Waals surface area contributed by atoms with E-state index in [0.717, 1.165) is 18.2 Å². The molecule has 160 valence electrons. The van der Waals surface area contributed by atoms with Crippen molar-refractivity contribution in [3.8, 4) is 17.6 Å². The van der Waals surface area contributed by atoms with E-state index in [-0.39, 0.29) is 40.5 Å². The number of hydrogen-bond acceptors (Lipinski definition) is 6. The van der Waals surface area contributed by atoms with Crippen LogP contribution in [0.25, 0.3) is 0 Å². The first-order chi connectivity index (χ1) is 14.3. The highest BCUT2D eigenvalue weighted by Gasteiger charge is 2.26. The van der Waals surface area contributed by atoms with E-state index in [9.17, 15) is 17.6 Å². The molecule has 0 aliphatic heterocycles. The summed E-state index contributed by atoms with van der Waals surface area (Å²) < 4.78 is 52.2. The average molecular weight is 435 g/mol. The van der Waals surface area contributed by atoms with Crippen LogP contribution in [-0.2, 0) is 21.2 Å². The van der Waals surface area contributed by atoms with Crippen molar-refractivity contribution in [2.75, 3.05) is 25.5 Å². The molecular weight excluding hydrogens is 413 g/mol. The molecule has 0 heterocycles. The number of carbonyl (C=O) groups is 1. The number of benzene rings is 2. The standard InChI is InChI=1S/C21H22FNO6S/c1-4-14-8-10-17(19(20(14)28-2)21(25)29-3)23-30(26,27)18-11-9-16(22)13-15(18)7-5-6-12-24/h8-11,13,23-24H,4,6,12H2,1-3H3. The number of aliphatic hydroxyl groups is 1. The third-order valence-corrected chi connectivity index (χ3v) is 5.57. The van der Waals surface area contributed by atoms with Crippen LogP contribution in [0.1, 0.15) is 34.8 Å². The summed E-state index contributed by atoms with van der Waals surface area (Å²) in [5.74, 6) is 3.89. The fourth-order valence-electron chi connectivity index (χ4n) is 2.77. The van der Waals surface area contributed by atoms with Crippen LogP contribution in [0.4, 0.5) is 10.1 Å². The Bertz CT molecular complexity index is 1100. The Morgan fingerprint density at radius 1 is 1.23 bits per heavy atom. The molecule has 0 unspecified atom stereocenters.